The highest BCUT2D eigenvalue weighted by molar-refractivity contribution is 9.10. The molecule has 39 heavy (non-hydrogen) atoms. The van der Waals surface area contributed by atoms with Crippen LogP contribution in [0.3, 0.4) is 0 Å². The molecule has 2 aliphatic carbocycles. The van der Waals surface area contributed by atoms with E-state index in [-0.39, 0.29) is 29.0 Å². The maximum Gasteiger partial charge on any atom is 0.162 e. The third kappa shape index (κ3) is 5.47. The topological polar surface area (TPSA) is 46.6 Å². The lowest BCUT2D eigenvalue weighted by Gasteiger charge is -2.49. The van der Waals surface area contributed by atoms with E-state index in [0.29, 0.717) is 51.9 Å². The predicted molar refractivity (Wildman–Crippen MR) is 160 cm³/mol. The Morgan fingerprint density at radius 3 is 1.95 bits per heavy atom. The average molecular weight is 631 g/mol. The second-order valence-electron chi connectivity index (χ2n) is 12.5. The largest absolute Gasteiger partial charge is 0.487 e. The fraction of sp³-hybridized carbons (Fsp3) is 0.438. The van der Waals surface area contributed by atoms with Gasteiger partial charge in [0.15, 0.2) is 11.6 Å². The molecule has 1 aliphatic heterocycles. The molecule has 5 rings (SSSR count). The third-order valence-corrected chi connectivity index (χ3v) is 9.01. The highest BCUT2D eigenvalue weighted by atomic mass is 79.9. The normalized spacial score (nSPS) is 20.8. The number of nitrogens with zero attached hydrogens (tertiary/aromatic N) is 1. The zero-order valence-electron chi connectivity index (χ0n) is 23.1. The molecule has 0 radical (unpaired) electrons. The van der Waals surface area contributed by atoms with E-state index in [1.54, 1.807) is 6.07 Å². The van der Waals surface area contributed by atoms with Crippen molar-refractivity contribution in [2.75, 3.05) is 6.54 Å². The van der Waals surface area contributed by atoms with E-state index in [1.807, 2.05) is 30.3 Å². The van der Waals surface area contributed by atoms with Crippen molar-refractivity contribution in [1.82, 2.24) is 4.90 Å². The van der Waals surface area contributed by atoms with E-state index in [4.69, 9.17) is 27.9 Å². The van der Waals surface area contributed by atoms with Crippen molar-refractivity contribution >= 4 is 50.7 Å². The first kappa shape index (κ1) is 28.4. The average Bonchev–Trinajstić information content (AvgIpc) is 2.81. The van der Waals surface area contributed by atoms with Crippen LogP contribution in [0.15, 0.2) is 63.4 Å². The lowest BCUT2D eigenvalue weighted by atomic mass is 9.63. The second-order valence-corrected chi connectivity index (χ2v) is 14.3. The van der Waals surface area contributed by atoms with Crippen LogP contribution in [0.4, 0.5) is 0 Å². The summed E-state index contributed by atoms with van der Waals surface area (Å²) in [5.74, 6) is 0.0432. The standard InChI is InChI=1S/C32H34BrCl2NO3/c1-6-36-23-13-31(2,3)15-25(37)28(23)27(29-24(36)14-32(4,5)16-26(29)38)21-11-20(34)12-22(35)30(21)39-17-18-7-9-19(33)10-8-18/h7-12,27H,6,13-17H2,1-5H3. The summed E-state index contributed by atoms with van der Waals surface area (Å²) in [6, 6.07) is 11.4. The van der Waals surface area contributed by atoms with Crippen LogP contribution in [0, 0.1) is 10.8 Å². The maximum atomic E-state index is 14.0. The van der Waals surface area contributed by atoms with Gasteiger partial charge in [-0.15, -0.1) is 0 Å². The summed E-state index contributed by atoms with van der Waals surface area (Å²) in [6.45, 7) is 11.6. The number of carbonyl (C=O) groups is 2. The number of hydrogen-bond donors (Lipinski definition) is 0. The molecular weight excluding hydrogens is 597 g/mol. The van der Waals surface area contributed by atoms with Crippen molar-refractivity contribution in [2.24, 2.45) is 10.8 Å². The lowest BCUT2D eigenvalue weighted by Crippen LogP contribution is -2.44. The summed E-state index contributed by atoms with van der Waals surface area (Å²) in [5.41, 5.74) is 4.72. The third-order valence-electron chi connectivity index (χ3n) is 7.98. The van der Waals surface area contributed by atoms with Gasteiger partial charge in [0, 0.05) is 62.9 Å². The Morgan fingerprint density at radius 1 is 0.897 bits per heavy atom. The van der Waals surface area contributed by atoms with Gasteiger partial charge >= 0.3 is 0 Å². The molecule has 4 nitrogen and oxygen atoms in total. The Morgan fingerprint density at radius 2 is 1.44 bits per heavy atom. The van der Waals surface area contributed by atoms with Gasteiger partial charge in [-0.3, -0.25) is 9.59 Å². The highest BCUT2D eigenvalue weighted by Gasteiger charge is 2.49. The monoisotopic (exact) mass is 629 g/mol. The first-order valence-electron chi connectivity index (χ1n) is 13.5. The summed E-state index contributed by atoms with van der Waals surface area (Å²) in [4.78, 5) is 30.2. The van der Waals surface area contributed by atoms with Gasteiger partial charge in [0.25, 0.3) is 0 Å². The molecule has 0 unspecified atom stereocenters. The fourth-order valence-electron chi connectivity index (χ4n) is 6.42. The van der Waals surface area contributed by atoms with Crippen molar-refractivity contribution < 1.29 is 14.3 Å². The van der Waals surface area contributed by atoms with Crippen LogP contribution in [-0.4, -0.2) is 23.0 Å². The minimum atomic E-state index is -0.568. The van der Waals surface area contributed by atoms with Gasteiger partial charge in [-0.05, 0) is 60.4 Å². The number of ether oxygens (including phenoxy) is 1. The maximum absolute atomic E-state index is 14.0. The zero-order valence-corrected chi connectivity index (χ0v) is 26.2. The van der Waals surface area contributed by atoms with Crippen LogP contribution in [0.1, 0.15) is 77.3 Å². The van der Waals surface area contributed by atoms with Crippen LogP contribution in [0.5, 0.6) is 5.75 Å². The number of halogens is 3. The van der Waals surface area contributed by atoms with Crippen molar-refractivity contribution in [1.29, 1.82) is 0 Å². The Kier molecular flexibility index (Phi) is 7.58. The highest BCUT2D eigenvalue weighted by Crippen LogP contribution is 2.56. The first-order valence-corrected chi connectivity index (χ1v) is 15.0. The van der Waals surface area contributed by atoms with E-state index in [1.165, 1.54) is 0 Å². The van der Waals surface area contributed by atoms with Gasteiger partial charge in [0.05, 0.1) is 5.02 Å². The van der Waals surface area contributed by atoms with Crippen molar-refractivity contribution in [2.45, 2.75) is 72.8 Å². The van der Waals surface area contributed by atoms with Gasteiger partial charge in [0.1, 0.15) is 12.4 Å². The minimum absolute atomic E-state index is 0.0730. The van der Waals surface area contributed by atoms with E-state index >= 15 is 0 Å². The van der Waals surface area contributed by atoms with Crippen molar-refractivity contribution in [3.8, 4) is 5.75 Å². The molecule has 3 aliphatic rings. The lowest BCUT2D eigenvalue weighted by molar-refractivity contribution is -0.119. The number of Topliss-reactive ketones (excluding diaryl/α,β-unsaturated/α-hetero) is 2. The SMILES string of the molecule is CCN1C2=C(C(=O)CC(C)(C)C2)C(c2cc(Cl)cc(Cl)c2OCc2ccc(Br)cc2)C2=C1CC(C)(C)CC2=O. The van der Waals surface area contributed by atoms with E-state index in [0.717, 1.165) is 34.3 Å². The van der Waals surface area contributed by atoms with Gasteiger partial charge in [0.2, 0.25) is 0 Å². The molecule has 0 spiro atoms. The molecule has 0 aromatic heterocycles. The molecule has 0 amide bonds. The Bertz CT molecular complexity index is 1370. The molecule has 206 valence electrons. The molecule has 0 N–H and O–H groups in total. The number of carbonyl (C=O) groups excluding carboxylic acids is 2. The molecule has 1 heterocycles. The van der Waals surface area contributed by atoms with Crippen LogP contribution in [-0.2, 0) is 16.2 Å². The minimum Gasteiger partial charge on any atom is -0.487 e. The van der Waals surface area contributed by atoms with Gasteiger partial charge in [-0.2, -0.15) is 0 Å². The number of rotatable bonds is 5. The van der Waals surface area contributed by atoms with E-state index < -0.39 is 5.92 Å². The number of hydrogen-bond acceptors (Lipinski definition) is 4. The summed E-state index contributed by atoms with van der Waals surface area (Å²) in [6.07, 6.45) is 2.36. The second kappa shape index (κ2) is 10.4. The Balaban J connectivity index is 1.72. The van der Waals surface area contributed by atoms with Gasteiger partial charge in [-0.1, -0.05) is 79.0 Å². The fourth-order valence-corrected chi connectivity index (χ4v) is 7.25. The molecule has 7 heteroatoms. The van der Waals surface area contributed by atoms with Crippen LogP contribution >= 0.6 is 39.1 Å². The Hall–Kier alpha value is -2.08. The molecule has 0 saturated carbocycles. The molecule has 2 aromatic rings. The summed E-state index contributed by atoms with van der Waals surface area (Å²) < 4.78 is 7.36. The van der Waals surface area contributed by atoms with E-state index in [2.05, 4.69) is 55.4 Å². The molecule has 2 aromatic carbocycles. The quantitative estimate of drug-likeness (QED) is 0.331. The summed E-state index contributed by atoms with van der Waals surface area (Å²) in [5, 5.41) is 0.810. The first-order chi connectivity index (χ1) is 18.3. The zero-order chi connectivity index (χ0) is 28.3. The number of ketones is 2. The summed E-state index contributed by atoms with van der Waals surface area (Å²) >= 11 is 16.8. The summed E-state index contributed by atoms with van der Waals surface area (Å²) in [7, 11) is 0. The molecule has 0 bridgehead atoms. The van der Waals surface area contributed by atoms with Crippen LogP contribution < -0.4 is 4.74 Å². The molecule has 0 atom stereocenters. The molecule has 0 fully saturated rings. The Labute approximate surface area is 249 Å². The van der Waals surface area contributed by atoms with Gasteiger partial charge in [-0.25, -0.2) is 0 Å². The van der Waals surface area contributed by atoms with Crippen LogP contribution in [0.2, 0.25) is 10.0 Å². The smallest absolute Gasteiger partial charge is 0.162 e. The van der Waals surface area contributed by atoms with E-state index in [9.17, 15) is 9.59 Å². The van der Waals surface area contributed by atoms with Crippen molar-refractivity contribution in [3.05, 3.63) is 84.6 Å². The van der Waals surface area contributed by atoms with Crippen LogP contribution in [0.25, 0.3) is 0 Å². The van der Waals surface area contributed by atoms with Gasteiger partial charge < -0.3 is 9.64 Å². The number of allylic oxidation sites excluding steroid dienone is 4. The molecular formula is C32H34BrCl2NO3. The van der Waals surface area contributed by atoms with Crippen molar-refractivity contribution in [3.63, 3.8) is 0 Å². The molecule has 0 saturated heterocycles. The predicted octanol–water partition coefficient (Wildman–Crippen LogP) is 9.04. The number of benzene rings is 2.